The lowest BCUT2D eigenvalue weighted by Crippen LogP contribution is -2.49. The average molecular weight is 494 g/mol. The predicted octanol–water partition coefficient (Wildman–Crippen LogP) is 2.41. The smallest absolute Gasteiger partial charge is 0.244 e. The Bertz CT molecular complexity index is 1210. The number of hydrogen-bond donors (Lipinski definition) is 1. The number of amides is 1. The van der Waals surface area contributed by atoms with E-state index in [1.54, 1.807) is 23.1 Å². The summed E-state index contributed by atoms with van der Waals surface area (Å²) in [4.78, 5) is 28.0. The average Bonchev–Trinajstić information content (AvgIpc) is 3.20. The van der Waals surface area contributed by atoms with Gasteiger partial charge in [0.15, 0.2) is 0 Å². The molecule has 0 spiro atoms. The van der Waals surface area contributed by atoms with Crippen LogP contribution in [0.2, 0.25) is 0 Å². The van der Waals surface area contributed by atoms with Crippen LogP contribution >= 0.6 is 0 Å². The maximum atomic E-state index is 14.3. The van der Waals surface area contributed by atoms with Crippen molar-refractivity contribution in [2.24, 2.45) is 0 Å². The molecular weight excluding hydrogens is 461 g/mol. The number of anilines is 2. The molecule has 9 nitrogen and oxygen atoms in total. The van der Waals surface area contributed by atoms with Crippen LogP contribution in [0.3, 0.4) is 0 Å². The monoisotopic (exact) mass is 493 g/mol. The summed E-state index contributed by atoms with van der Waals surface area (Å²) in [6.07, 6.45) is 4.62. The van der Waals surface area contributed by atoms with E-state index in [0.29, 0.717) is 58.1 Å². The maximum Gasteiger partial charge on any atom is 0.244 e. The predicted molar refractivity (Wildman–Crippen MR) is 135 cm³/mol. The highest BCUT2D eigenvalue weighted by molar-refractivity contribution is 5.79. The molecule has 1 N–H and O–H groups in total. The number of piperazine rings is 1. The molecule has 2 aliphatic heterocycles. The first-order valence-corrected chi connectivity index (χ1v) is 12.5. The number of piperidine rings is 1. The van der Waals surface area contributed by atoms with Crippen LogP contribution in [0.4, 0.5) is 16.0 Å². The molecule has 0 bridgehead atoms. The Balaban J connectivity index is 1.27. The Morgan fingerprint density at radius 3 is 2.33 bits per heavy atom. The first kappa shape index (κ1) is 24.2. The molecule has 2 aromatic heterocycles. The van der Waals surface area contributed by atoms with Crippen molar-refractivity contribution in [3.05, 3.63) is 53.9 Å². The lowest BCUT2D eigenvalue weighted by molar-refractivity contribution is -0.132. The van der Waals surface area contributed by atoms with E-state index in [-0.39, 0.29) is 24.4 Å². The summed E-state index contributed by atoms with van der Waals surface area (Å²) >= 11 is 0. The molecule has 0 saturated carbocycles. The molecule has 0 radical (unpaired) electrons. The summed E-state index contributed by atoms with van der Waals surface area (Å²) in [5.41, 5.74) is 4.26. The van der Waals surface area contributed by atoms with Crippen molar-refractivity contribution in [3.8, 4) is 11.1 Å². The third-order valence-corrected chi connectivity index (χ3v) is 7.02. The molecule has 2 aliphatic rings. The Morgan fingerprint density at radius 2 is 1.69 bits per heavy atom. The highest BCUT2D eigenvalue weighted by Gasteiger charge is 2.24. The van der Waals surface area contributed by atoms with E-state index in [1.165, 1.54) is 12.1 Å². The summed E-state index contributed by atoms with van der Waals surface area (Å²) in [5.74, 6) is 0.356. The zero-order valence-electron chi connectivity index (χ0n) is 20.8. The van der Waals surface area contributed by atoms with Crippen LogP contribution < -0.4 is 9.80 Å². The topological polar surface area (TPSA) is 90.6 Å². The molecule has 1 aromatic carbocycles. The number of benzene rings is 1. The van der Waals surface area contributed by atoms with Gasteiger partial charge in [-0.1, -0.05) is 0 Å². The molecule has 190 valence electrons. The highest BCUT2D eigenvalue weighted by atomic mass is 19.1. The Kier molecular flexibility index (Phi) is 6.86. The Morgan fingerprint density at radius 1 is 1.00 bits per heavy atom. The summed E-state index contributed by atoms with van der Waals surface area (Å²) < 4.78 is 16.0. The van der Waals surface area contributed by atoms with Gasteiger partial charge in [-0.2, -0.15) is 5.10 Å². The van der Waals surface area contributed by atoms with Gasteiger partial charge in [0.1, 0.15) is 12.4 Å². The van der Waals surface area contributed by atoms with E-state index in [9.17, 15) is 14.3 Å². The molecule has 2 fully saturated rings. The SMILES string of the molecule is Cc1cc(C)n(CC(=O)N2CCN(c3ccc(F)cc3-c3cnc(N4CCC(O)CC4)nc3)CC2)n1. The summed E-state index contributed by atoms with van der Waals surface area (Å²) in [7, 11) is 0. The second kappa shape index (κ2) is 10.2. The van der Waals surface area contributed by atoms with Crippen LogP contribution in [0.15, 0.2) is 36.7 Å². The first-order valence-electron chi connectivity index (χ1n) is 12.5. The van der Waals surface area contributed by atoms with E-state index in [1.807, 2.05) is 24.8 Å². The zero-order chi connectivity index (χ0) is 25.2. The van der Waals surface area contributed by atoms with Crippen molar-refractivity contribution in [1.82, 2.24) is 24.6 Å². The van der Waals surface area contributed by atoms with Gasteiger partial charge < -0.3 is 19.8 Å². The van der Waals surface area contributed by atoms with Crippen molar-refractivity contribution in [3.63, 3.8) is 0 Å². The van der Waals surface area contributed by atoms with E-state index < -0.39 is 0 Å². The van der Waals surface area contributed by atoms with E-state index in [4.69, 9.17) is 0 Å². The minimum absolute atomic E-state index is 0.0504. The highest BCUT2D eigenvalue weighted by Crippen LogP contribution is 2.32. The number of aryl methyl sites for hydroxylation is 2. The van der Waals surface area contributed by atoms with E-state index in [2.05, 4.69) is 24.9 Å². The molecule has 36 heavy (non-hydrogen) atoms. The van der Waals surface area contributed by atoms with Crippen LogP contribution in [-0.4, -0.2) is 81.0 Å². The molecule has 4 heterocycles. The third-order valence-electron chi connectivity index (χ3n) is 7.02. The number of hydrogen-bond acceptors (Lipinski definition) is 7. The lowest BCUT2D eigenvalue weighted by Gasteiger charge is -2.37. The minimum atomic E-state index is -0.318. The van der Waals surface area contributed by atoms with Crippen molar-refractivity contribution in [2.75, 3.05) is 49.1 Å². The number of carbonyl (C=O) groups excluding carboxylic acids is 1. The molecule has 0 atom stereocenters. The quantitative estimate of drug-likeness (QED) is 0.584. The van der Waals surface area contributed by atoms with Crippen LogP contribution in [0.1, 0.15) is 24.2 Å². The zero-order valence-corrected chi connectivity index (χ0v) is 20.8. The van der Waals surface area contributed by atoms with Gasteiger partial charge in [0.25, 0.3) is 0 Å². The van der Waals surface area contributed by atoms with Crippen molar-refractivity contribution >= 4 is 17.5 Å². The van der Waals surface area contributed by atoms with Gasteiger partial charge >= 0.3 is 0 Å². The van der Waals surface area contributed by atoms with Crippen molar-refractivity contribution < 1.29 is 14.3 Å². The van der Waals surface area contributed by atoms with Crippen LogP contribution in [0, 0.1) is 19.7 Å². The molecule has 1 amide bonds. The number of rotatable bonds is 5. The minimum Gasteiger partial charge on any atom is -0.393 e. The molecule has 5 rings (SSSR count). The number of halogens is 1. The molecule has 10 heteroatoms. The lowest BCUT2D eigenvalue weighted by atomic mass is 10.0. The second-order valence-electron chi connectivity index (χ2n) is 9.60. The van der Waals surface area contributed by atoms with Gasteiger partial charge in [-0.05, 0) is 51.0 Å². The van der Waals surface area contributed by atoms with Gasteiger partial charge in [-0.15, -0.1) is 0 Å². The second-order valence-corrected chi connectivity index (χ2v) is 9.60. The largest absolute Gasteiger partial charge is 0.393 e. The van der Waals surface area contributed by atoms with E-state index >= 15 is 0 Å². The Labute approximate surface area is 210 Å². The van der Waals surface area contributed by atoms with Crippen molar-refractivity contribution in [2.45, 2.75) is 39.3 Å². The molecule has 0 unspecified atom stereocenters. The fourth-order valence-electron chi connectivity index (χ4n) is 4.96. The van der Waals surface area contributed by atoms with Crippen LogP contribution in [0.25, 0.3) is 11.1 Å². The van der Waals surface area contributed by atoms with Gasteiger partial charge in [0.2, 0.25) is 11.9 Å². The van der Waals surface area contributed by atoms with Crippen LogP contribution in [0.5, 0.6) is 0 Å². The number of aromatic nitrogens is 4. The van der Waals surface area contributed by atoms with Crippen LogP contribution in [-0.2, 0) is 11.3 Å². The maximum absolute atomic E-state index is 14.3. The number of nitrogens with zero attached hydrogens (tertiary/aromatic N) is 7. The molecule has 3 aromatic rings. The molecular formula is C26H32FN7O2. The van der Waals surface area contributed by atoms with Gasteiger partial charge in [-0.3, -0.25) is 9.48 Å². The van der Waals surface area contributed by atoms with Gasteiger partial charge in [-0.25, -0.2) is 14.4 Å². The Hall–Kier alpha value is -3.53. The van der Waals surface area contributed by atoms with E-state index in [0.717, 1.165) is 28.2 Å². The third kappa shape index (κ3) is 5.18. The number of aliphatic hydroxyl groups excluding tert-OH is 1. The molecule has 0 aliphatic carbocycles. The standard InChI is InChI=1S/C26H32FN7O2/c1-18-13-19(2)34(30-18)17-25(36)32-11-9-31(10-12-32)24-4-3-21(27)14-23(24)20-15-28-26(29-16-20)33-7-5-22(35)6-8-33/h3-4,13-16,22,35H,5-12,17H2,1-2H3. The fraction of sp³-hybridized carbons (Fsp3) is 0.462. The summed E-state index contributed by atoms with van der Waals surface area (Å²) in [5, 5.41) is 14.1. The fourth-order valence-corrected chi connectivity index (χ4v) is 4.96. The normalized spacial score (nSPS) is 17.1. The van der Waals surface area contributed by atoms with Gasteiger partial charge in [0.05, 0.1) is 11.8 Å². The number of aliphatic hydroxyl groups is 1. The van der Waals surface area contributed by atoms with Crippen molar-refractivity contribution in [1.29, 1.82) is 0 Å². The summed E-state index contributed by atoms with van der Waals surface area (Å²) in [6.45, 7) is 8.02. The van der Waals surface area contributed by atoms with Gasteiger partial charge in [0, 0.05) is 74.2 Å². The molecule has 2 saturated heterocycles. The number of carbonyl (C=O) groups is 1. The first-order chi connectivity index (χ1) is 17.4. The summed E-state index contributed by atoms with van der Waals surface area (Å²) in [6, 6.07) is 6.74.